The van der Waals surface area contributed by atoms with E-state index in [0.29, 0.717) is 10.7 Å². The van der Waals surface area contributed by atoms with Crippen molar-refractivity contribution >= 4 is 34.9 Å². The normalized spacial score (nSPS) is 11.8. The number of H-pyrrole nitrogens is 1. The van der Waals surface area contributed by atoms with Crippen LogP contribution in [-0.2, 0) is 5.41 Å². The summed E-state index contributed by atoms with van der Waals surface area (Å²) in [5.41, 5.74) is 9.06. The summed E-state index contributed by atoms with van der Waals surface area (Å²) in [6, 6.07) is 4.06. The lowest BCUT2D eigenvalue weighted by Crippen LogP contribution is -2.32. The summed E-state index contributed by atoms with van der Waals surface area (Å²) in [6.45, 7) is 6.45. The van der Waals surface area contributed by atoms with Gasteiger partial charge in [-0.1, -0.05) is 20.8 Å². The van der Waals surface area contributed by atoms with Crippen LogP contribution in [0.5, 0.6) is 0 Å². The van der Waals surface area contributed by atoms with E-state index in [-0.39, 0.29) is 15.4 Å². The molecule has 0 saturated carbocycles. The first-order valence-electron chi connectivity index (χ1n) is 6.61. The maximum Gasteiger partial charge on any atom is 0.390 e. The number of nitrogens with two attached hydrogens (primary N) is 1. The van der Waals surface area contributed by atoms with E-state index >= 15 is 0 Å². The maximum absolute atomic E-state index is 11.6. The molecule has 0 aliphatic carbocycles. The highest BCUT2D eigenvalue weighted by molar-refractivity contribution is 7.80. The number of aromatic amines is 1. The summed E-state index contributed by atoms with van der Waals surface area (Å²) >= 11 is 5.74. The van der Waals surface area contributed by atoms with E-state index in [0.717, 1.165) is 11.3 Å². The summed E-state index contributed by atoms with van der Waals surface area (Å²) in [6.07, 6.45) is 5.34. The number of hydrogen-bond donors (Lipinski definition) is 3. The van der Waals surface area contributed by atoms with Crippen LogP contribution in [0.25, 0.3) is 5.82 Å². The van der Waals surface area contributed by atoms with Gasteiger partial charge in [-0.25, -0.2) is 9.36 Å². The van der Waals surface area contributed by atoms with Gasteiger partial charge in [0.25, 0.3) is 0 Å². The largest absolute Gasteiger partial charge is 0.390 e. The zero-order valence-corrected chi connectivity index (χ0v) is 14.2. The van der Waals surface area contributed by atoms with E-state index < -0.39 is 0 Å². The number of rotatable bonds is 3. The minimum atomic E-state index is -0.154. The molecule has 0 fully saturated rings. The molecule has 0 radical (unpaired) electrons. The van der Waals surface area contributed by atoms with Crippen LogP contribution in [0, 0.1) is 0 Å². The summed E-state index contributed by atoms with van der Waals surface area (Å²) < 4.78 is 1.84. The molecular weight excluding hydrogens is 318 g/mol. The summed E-state index contributed by atoms with van der Waals surface area (Å²) in [4.78, 5) is 15.0. The molecule has 0 aliphatic heterocycles. The summed E-state index contributed by atoms with van der Waals surface area (Å²) in [5.74, 6) is 0.656. The maximum atomic E-state index is 11.6. The minimum Gasteiger partial charge on any atom is -0.375 e. The molecule has 6 nitrogen and oxygen atoms in total. The molecule has 8 heteroatoms. The Balaban J connectivity index is 2.34. The van der Waals surface area contributed by atoms with Gasteiger partial charge in [-0.2, -0.15) is 10.1 Å². The van der Waals surface area contributed by atoms with Gasteiger partial charge >= 0.3 is 10.7 Å². The predicted octanol–water partition coefficient (Wildman–Crippen LogP) is 1.18. The molecule has 116 valence electrons. The third-order valence-corrected chi connectivity index (χ3v) is 3.86. The summed E-state index contributed by atoms with van der Waals surface area (Å²) in [7, 11) is 0. The fourth-order valence-electron chi connectivity index (χ4n) is 1.84. The van der Waals surface area contributed by atoms with Crippen molar-refractivity contribution in [3.63, 3.8) is 0 Å². The van der Waals surface area contributed by atoms with E-state index in [1.807, 2.05) is 29.1 Å². The Morgan fingerprint density at radius 2 is 2.09 bits per heavy atom. The van der Waals surface area contributed by atoms with Crippen molar-refractivity contribution in [1.29, 1.82) is 0 Å². The standard InChI is InChI=1S/C14H17N5OS2/c1-14(2,3)9-4-6-19(7-5-9)11-10(22-13(20)17-11)8-16-18-12(15)21/h4-8H,1-3H3,(H3-,15,16,17,18,20,21)/p+1. The van der Waals surface area contributed by atoms with Crippen LogP contribution in [0.2, 0.25) is 0 Å². The molecule has 2 heterocycles. The van der Waals surface area contributed by atoms with Crippen LogP contribution in [0.1, 0.15) is 31.2 Å². The van der Waals surface area contributed by atoms with Gasteiger partial charge in [0.15, 0.2) is 5.11 Å². The highest BCUT2D eigenvalue weighted by Crippen LogP contribution is 2.20. The van der Waals surface area contributed by atoms with Crippen LogP contribution < -0.4 is 20.6 Å². The molecule has 0 unspecified atom stereocenters. The number of pyridine rings is 1. The Labute approximate surface area is 137 Å². The Morgan fingerprint density at radius 1 is 1.45 bits per heavy atom. The average Bonchev–Trinajstić information content (AvgIpc) is 2.79. The van der Waals surface area contributed by atoms with Crippen LogP contribution in [0.15, 0.2) is 34.4 Å². The van der Waals surface area contributed by atoms with E-state index in [1.54, 1.807) is 0 Å². The molecule has 2 rings (SSSR count). The lowest BCUT2D eigenvalue weighted by molar-refractivity contribution is -0.599. The third-order valence-electron chi connectivity index (χ3n) is 2.97. The van der Waals surface area contributed by atoms with Crippen LogP contribution in [0.3, 0.4) is 0 Å². The Morgan fingerprint density at radius 3 is 2.64 bits per heavy atom. The lowest BCUT2D eigenvalue weighted by Gasteiger charge is -2.18. The van der Waals surface area contributed by atoms with Gasteiger partial charge in [-0.3, -0.25) is 5.43 Å². The zero-order valence-electron chi connectivity index (χ0n) is 12.6. The van der Waals surface area contributed by atoms with Crippen molar-refractivity contribution < 1.29 is 4.57 Å². The molecule has 0 saturated heterocycles. The second-order valence-corrected chi connectivity index (χ2v) is 7.16. The van der Waals surface area contributed by atoms with E-state index in [9.17, 15) is 4.79 Å². The molecule has 2 aromatic heterocycles. The number of aromatic nitrogens is 2. The first-order valence-corrected chi connectivity index (χ1v) is 7.83. The van der Waals surface area contributed by atoms with Gasteiger partial charge in [0.05, 0.1) is 18.6 Å². The Hall–Kier alpha value is -2.06. The average molecular weight is 336 g/mol. The van der Waals surface area contributed by atoms with Gasteiger partial charge < -0.3 is 5.73 Å². The quantitative estimate of drug-likeness (QED) is 0.340. The van der Waals surface area contributed by atoms with E-state index in [1.165, 1.54) is 11.8 Å². The molecule has 2 aromatic rings. The van der Waals surface area contributed by atoms with Crippen LogP contribution in [0.4, 0.5) is 0 Å². The Bertz CT molecular complexity index is 753. The monoisotopic (exact) mass is 336 g/mol. The highest BCUT2D eigenvalue weighted by atomic mass is 32.1. The number of thiazole rings is 1. The van der Waals surface area contributed by atoms with Crippen molar-refractivity contribution in [3.8, 4) is 5.82 Å². The van der Waals surface area contributed by atoms with Crippen LogP contribution >= 0.6 is 23.6 Å². The van der Waals surface area contributed by atoms with E-state index in [4.69, 9.17) is 5.73 Å². The molecule has 22 heavy (non-hydrogen) atoms. The number of hydrogen-bond acceptors (Lipinski definition) is 4. The molecule has 0 aromatic carbocycles. The van der Waals surface area contributed by atoms with Crippen molar-refractivity contribution in [2.75, 3.05) is 0 Å². The second-order valence-electron chi connectivity index (χ2n) is 5.71. The number of nitrogens with one attached hydrogen (secondary N) is 2. The molecule has 4 N–H and O–H groups in total. The van der Waals surface area contributed by atoms with Crippen molar-refractivity contribution in [3.05, 3.63) is 44.6 Å². The van der Waals surface area contributed by atoms with Crippen molar-refractivity contribution in [1.82, 2.24) is 10.4 Å². The smallest absolute Gasteiger partial charge is 0.375 e. The predicted molar refractivity (Wildman–Crippen MR) is 92.7 cm³/mol. The molecule has 0 bridgehead atoms. The number of nitrogens with zero attached hydrogens (tertiary/aromatic N) is 2. The summed E-state index contributed by atoms with van der Waals surface area (Å²) in [5, 5.41) is 3.97. The molecule has 0 aliphatic rings. The topological polar surface area (TPSA) is 87.1 Å². The second kappa shape index (κ2) is 6.37. The fraction of sp³-hybridized carbons (Fsp3) is 0.286. The SMILES string of the molecule is CC(C)(C)c1cc[n+](-c2[nH]c(=O)sc2/C=N/NC(N)=S)cc1. The first-order chi connectivity index (χ1) is 10.3. The fourth-order valence-corrected chi connectivity index (χ4v) is 2.60. The molecule has 0 atom stereocenters. The van der Waals surface area contributed by atoms with Gasteiger partial charge in [0.1, 0.15) is 4.88 Å². The van der Waals surface area contributed by atoms with Gasteiger partial charge in [-0.15, -0.1) is 0 Å². The van der Waals surface area contributed by atoms with Crippen molar-refractivity contribution in [2.45, 2.75) is 26.2 Å². The zero-order chi connectivity index (χ0) is 16.3. The van der Waals surface area contributed by atoms with Gasteiger partial charge in [-0.05, 0) is 46.7 Å². The third kappa shape index (κ3) is 3.99. The number of hydrazone groups is 1. The van der Waals surface area contributed by atoms with Crippen LogP contribution in [-0.4, -0.2) is 16.3 Å². The molecule has 0 spiro atoms. The van der Waals surface area contributed by atoms with Gasteiger partial charge in [0.2, 0.25) is 0 Å². The number of thiocarbonyl (C=S) groups is 1. The Kier molecular flexibility index (Phi) is 4.72. The van der Waals surface area contributed by atoms with Crippen molar-refractivity contribution in [2.24, 2.45) is 10.8 Å². The minimum absolute atomic E-state index is 0.0721. The van der Waals surface area contributed by atoms with Gasteiger partial charge in [0, 0.05) is 0 Å². The first kappa shape index (κ1) is 16.3. The van der Waals surface area contributed by atoms with E-state index in [2.05, 4.69) is 48.5 Å². The molecule has 0 amide bonds. The highest BCUT2D eigenvalue weighted by Gasteiger charge is 2.18. The lowest BCUT2D eigenvalue weighted by atomic mass is 9.88. The molecular formula is C14H18N5OS2+.